The zero-order valence-electron chi connectivity index (χ0n) is 16.8. The molecule has 0 bridgehead atoms. The Kier molecular flexibility index (Phi) is 17.4. The molecule has 0 heterocycles. The number of sulfonamides is 1. The van der Waals surface area contributed by atoms with E-state index in [-0.39, 0.29) is 5.75 Å². The van der Waals surface area contributed by atoms with E-state index in [0.717, 1.165) is 44.9 Å². The number of hydrogen-bond acceptors (Lipinski definition) is 3. The number of unbranched alkanes of at least 4 members (excludes halogenated alkanes) is 13. The first-order chi connectivity index (χ1) is 12.5. The number of carbonyl (C=O) groups is 1. The number of aliphatic carboxylic acids is 1. The van der Waals surface area contributed by atoms with Crippen LogP contribution in [0.25, 0.3) is 0 Å². The number of carboxylic acid groups (broad SMARTS) is 1. The van der Waals surface area contributed by atoms with Gasteiger partial charge in [0.2, 0.25) is 10.0 Å². The fraction of sp³-hybridized carbons (Fsp3) is 0.950. The Labute approximate surface area is 161 Å². The van der Waals surface area contributed by atoms with Gasteiger partial charge in [-0.1, -0.05) is 84.0 Å². The third-order valence-electron chi connectivity index (χ3n) is 4.66. The lowest BCUT2D eigenvalue weighted by atomic mass is 10.0. The van der Waals surface area contributed by atoms with Crippen molar-refractivity contribution in [3.8, 4) is 0 Å². The third kappa shape index (κ3) is 19.7. The van der Waals surface area contributed by atoms with Crippen molar-refractivity contribution >= 4 is 16.0 Å². The first-order valence-corrected chi connectivity index (χ1v) is 12.3. The molecule has 0 aliphatic heterocycles. The van der Waals surface area contributed by atoms with Crippen LogP contribution in [-0.2, 0) is 14.8 Å². The third-order valence-corrected chi connectivity index (χ3v) is 6.13. The Hall–Kier alpha value is -0.620. The average Bonchev–Trinajstić information content (AvgIpc) is 2.59. The largest absolute Gasteiger partial charge is 0.481 e. The molecule has 6 heteroatoms. The summed E-state index contributed by atoms with van der Waals surface area (Å²) in [4.78, 5) is 10.4. The van der Waals surface area contributed by atoms with Crippen LogP contribution in [0.3, 0.4) is 0 Å². The van der Waals surface area contributed by atoms with Gasteiger partial charge in [0.15, 0.2) is 0 Å². The molecule has 0 spiro atoms. The predicted octanol–water partition coefficient (Wildman–Crippen LogP) is 5.25. The van der Waals surface area contributed by atoms with E-state index in [1.165, 1.54) is 51.4 Å². The molecule has 0 aliphatic rings. The minimum Gasteiger partial charge on any atom is -0.481 e. The molecule has 0 amide bonds. The SMILES string of the molecule is CCCCS(=O)(=O)NCCCCCCCCCCCCCCCC(=O)O. The maximum Gasteiger partial charge on any atom is 0.303 e. The summed E-state index contributed by atoms with van der Waals surface area (Å²) in [6, 6.07) is 0. The summed E-state index contributed by atoms with van der Waals surface area (Å²) in [5, 5.41) is 8.55. The topological polar surface area (TPSA) is 83.5 Å². The van der Waals surface area contributed by atoms with Crippen LogP contribution in [0.15, 0.2) is 0 Å². The first kappa shape index (κ1) is 25.4. The van der Waals surface area contributed by atoms with Crippen LogP contribution in [0.4, 0.5) is 0 Å². The predicted molar refractivity (Wildman–Crippen MR) is 109 cm³/mol. The summed E-state index contributed by atoms with van der Waals surface area (Å²) in [5.41, 5.74) is 0. The molecule has 2 N–H and O–H groups in total. The Balaban J connectivity index is 3.19. The zero-order valence-corrected chi connectivity index (χ0v) is 17.6. The van der Waals surface area contributed by atoms with Gasteiger partial charge in [0.25, 0.3) is 0 Å². The molecule has 0 rings (SSSR count). The van der Waals surface area contributed by atoms with Crippen molar-refractivity contribution in [1.29, 1.82) is 0 Å². The van der Waals surface area contributed by atoms with Crippen molar-refractivity contribution in [1.82, 2.24) is 4.72 Å². The average molecular weight is 392 g/mol. The highest BCUT2D eigenvalue weighted by molar-refractivity contribution is 7.89. The van der Waals surface area contributed by atoms with Crippen LogP contribution < -0.4 is 4.72 Å². The molecule has 0 unspecified atom stereocenters. The van der Waals surface area contributed by atoms with Crippen LogP contribution in [0, 0.1) is 0 Å². The monoisotopic (exact) mass is 391 g/mol. The number of hydrogen-bond donors (Lipinski definition) is 2. The van der Waals surface area contributed by atoms with E-state index in [9.17, 15) is 13.2 Å². The summed E-state index contributed by atoms with van der Waals surface area (Å²) in [7, 11) is -3.04. The van der Waals surface area contributed by atoms with Crippen molar-refractivity contribution < 1.29 is 18.3 Å². The van der Waals surface area contributed by atoms with Crippen molar-refractivity contribution in [2.75, 3.05) is 12.3 Å². The highest BCUT2D eigenvalue weighted by Crippen LogP contribution is 2.13. The van der Waals surface area contributed by atoms with Crippen molar-refractivity contribution in [2.24, 2.45) is 0 Å². The summed E-state index contributed by atoms with van der Waals surface area (Å²) in [6.07, 6.45) is 17.1. The standard InChI is InChI=1S/C20H41NO4S/c1-2-3-19-26(24,25)21-18-16-14-12-10-8-6-4-5-7-9-11-13-15-17-20(22)23/h21H,2-19H2,1H3,(H,22,23). The summed E-state index contributed by atoms with van der Waals surface area (Å²) < 4.78 is 25.9. The number of rotatable bonds is 20. The van der Waals surface area contributed by atoms with E-state index >= 15 is 0 Å². The van der Waals surface area contributed by atoms with Crippen molar-refractivity contribution in [3.63, 3.8) is 0 Å². The summed E-state index contributed by atoms with van der Waals surface area (Å²) >= 11 is 0. The van der Waals surface area contributed by atoms with Gasteiger partial charge in [-0.05, 0) is 19.3 Å². The van der Waals surface area contributed by atoms with E-state index in [2.05, 4.69) is 4.72 Å². The highest BCUT2D eigenvalue weighted by atomic mass is 32.2. The van der Waals surface area contributed by atoms with Crippen LogP contribution in [0.5, 0.6) is 0 Å². The molecule has 0 radical (unpaired) electrons. The van der Waals surface area contributed by atoms with Crippen molar-refractivity contribution in [2.45, 2.75) is 110 Å². The lowest BCUT2D eigenvalue weighted by molar-refractivity contribution is -0.137. The van der Waals surface area contributed by atoms with Gasteiger partial charge in [0.1, 0.15) is 0 Å². The van der Waals surface area contributed by atoms with Crippen LogP contribution in [-0.4, -0.2) is 31.8 Å². The van der Waals surface area contributed by atoms with Gasteiger partial charge < -0.3 is 5.11 Å². The van der Waals surface area contributed by atoms with Crippen LogP contribution in [0.1, 0.15) is 110 Å². The first-order valence-electron chi connectivity index (χ1n) is 10.7. The summed E-state index contributed by atoms with van der Waals surface area (Å²) in [5.74, 6) is -0.426. The molecule has 0 aliphatic carbocycles. The van der Waals surface area contributed by atoms with Gasteiger partial charge in [-0.2, -0.15) is 0 Å². The Bertz CT molecular complexity index is 424. The van der Waals surface area contributed by atoms with E-state index in [0.29, 0.717) is 13.0 Å². The molecule has 5 nitrogen and oxygen atoms in total. The molecule has 0 aromatic rings. The number of carboxylic acids is 1. The number of nitrogens with one attached hydrogen (secondary N) is 1. The van der Waals surface area contributed by atoms with Crippen LogP contribution >= 0.6 is 0 Å². The van der Waals surface area contributed by atoms with Gasteiger partial charge in [0, 0.05) is 13.0 Å². The zero-order chi connectivity index (χ0) is 19.5. The molecule has 0 saturated heterocycles. The van der Waals surface area contributed by atoms with E-state index in [1.807, 2.05) is 6.92 Å². The minimum absolute atomic E-state index is 0.256. The highest BCUT2D eigenvalue weighted by Gasteiger charge is 2.07. The van der Waals surface area contributed by atoms with Gasteiger partial charge in [-0.3, -0.25) is 4.79 Å². The van der Waals surface area contributed by atoms with Gasteiger partial charge in [-0.25, -0.2) is 13.1 Å². The maximum atomic E-state index is 11.6. The normalized spacial score (nSPS) is 11.7. The molecule has 156 valence electrons. The molecular formula is C20H41NO4S. The minimum atomic E-state index is -3.04. The second-order valence-electron chi connectivity index (χ2n) is 7.31. The van der Waals surface area contributed by atoms with Gasteiger partial charge >= 0.3 is 5.97 Å². The van der Waals surface area contributed by atoms with E-state index < -0.39 is 16.0 Å². The second-order valence-corrected chi connectivity index (χ2v) is 9.23. The van der Waals surface area contributed by atoms with Gasteiger partial charge in [-0.15, -0.1) is 0 Å². The molecule has 0 aromatic heterocycles. The Morgan fingerprint density at radius 1 is 0.731 bits per heavy atom. The fourth-order valence-electron chi connectivity index (χ4n) is 2.98. The lowest BCUT2D eigenvalue weighted by Gasteiger charge is -2.06. The maximum absolute atomic E-state index is 11.6. The second kappa shape index (κ2) is 17.8. The van der Waals surface area contributed by atoms with Gasteiger partial charge in [0.05, 0.1) is 5.75 Å². The molecule has 0 atom stereocenters. The molecule has 26 heavy (non-hydrogen) atoms. The molecule has 0 saturated carbocycles. The smallest absolute Gasteiger partial charge is 0.303 e. The lowest BCUT2D eigenvalue weighted by Crippen LogP contribution is -2.27. The molecule has 0 aromatic carbocycles. The Morgan fingerprint density at radius 2 is 1.15 bits per heavy atom. The van der Waals surface area contributed by atoms with E-state index in [4.69, 9.17) is 5.11 Å². The quantitative estimate of drug-likeness (QED) is 0.278. The van der Waals surface area contributed by atoms with E-state index in [1.54, 1.807) is 0 Å². The Morgan fingerprint density at radius 3 is 1.58 bits per heavy atom. The van der Waals surface area contributed by atoms with Crippen LogP contribution in [0.2, 0.25) is 0 Å². The van der Waals surface area contributed by atoms with Crippen molar-refractivity contribution in [3.05, 3.63) is 0 Å². The molecular weight excluding hydrogens is 350 g/mol. The fourth-order valence-corrected chi connectivity index (χ4v) is 4.25. The molecule has 0 fully saturated rings. The summed E-state index contributed by atoms with van der Waals surface area (Å²) in [6.45, 7) is 2.58.